The summed E-state index contributed by atoms with van der Waals surface area (Å²) in [6.45, 7) is 4.01. The van der Waals surface area contributed by atoms with Crippen LogP contribution in [0.25, 0.3) is 0 Å². The Morgan fingerprint density at radius 2 is 1.17 bits per heavy atom. The van der Waals surface area contributed by atoms with Crippen molar-refractivity contribution >= 4 is 24.3 Å². The Morgan fingerprint density at radius 1 is 0.759 bits per heavy atom. The summed E-state index contributed by atoms with van der Waals surface area (Å²) in [5, 5.41) is 0. The van der Waals surface area contributed by atoms with E-state index in [4.69, 9.17) is 4.74 Å². The fraction of sp³-hybridized carbons (Fsp3) is 0.962. The maximum atomic E-state index is 12.4. The fourth-order valence-corrected chi connectivity index (χ4v) is 33.1. The van der Waals surface area contributed by atoms with Gasteiger partial charge < -0.3 is 0 Å². The predicted octanol–water partition coefficient (Wildman–Crippen LogP) is 8.49. The topological polar surface area (TPSA) is 26.3 Å². The van der Waals surface area contributed by atoms with Gasteiger partial charge in [-0.3, -0.25) is 0 Å². The van der Waals surface area contributed by atoms with Crippen molar-refractivity contribution < 1.29 is 9.53 Å². The van der Waals surface area contributed by atoms with Crippen LogP contribution >= 0.6 is 0 Å². The van der Waals surface area contributed by atoms with Gasteiger partial charge >= 0.3 is 186 Å². The van der Waals surface area contributed by atoms with E-state index >= 15 is 0 Å². The van der Waals surface area contributed by atoms with Crippen LogP contribution in [0.2, 0.25) is 11.8 Å². The van der Waals surface area contributed by atoms with Crippen molar-refractivity contribution in [3.8, 4) is 0 Å². The van der Waals surface area contributed by atoms with Crippen molar-refractivity contribution in [2.45, 2.75) is 152 Å². The Bertz CT molecular complexity index is 428. The summed E-state index contributed by atoms with van der Waals surface area (Å²) in [6.07, 6.45) is 27.0. The van der Waals surface area contributed by atoms with E-state index in [0.717, 1.165) is 11.8 Å². The van der Waals surface area contributed by atoms with Crippen LogP contribution in [0.3, 0.4) is 0 Å². The summed E-state index contributed by atoms with van der Waals surface area (Å²) in [5.74, 6) is 0.0231. The molecule has 3 aliphatic rings. The number of ether oxygens (including phenoxy) is 1. The van der Waals surface area contributed by atoms with Crippen LogP contribution in [0, 0.1) is 0 Å². The average Bonchev–Trinajstić information content (AvgIpc) is 2.76. The molecule has 0 bridgehead atoms. The first-order chi connectivity index (χ1) is 14.2. The summed E-state index contributed by atoms with van der Waals surface area (Å²) >= 11 is -2.82. The Morgan fingerprint density at radius 3 is 1.52 bits per heavy atom. The first-order valence-electron chi connectivity index (χ1n) is 13.4. The van der Waals surface area contributed by atoms with Gasteiger partial charge in [0.25, 0.3) is 0 Å². The molecule has 0 aromatic heterocycles. The van der Waals surface area contributed by atoms with Gasteiger partial charge in [0.05, 0.1) is 0 Å². The molecule has 3 heteroatoms. The molecule has 2 nitrogen and oxygen atoms in total. The van der Waals surface area contributed by atoms with Crippen molar-refractivity contribution in [2.24, 2.45) is 0 Å². The molecular formula is C26H48O2Sn. The number of rotatable bonds is 9. The van der Waals surface area contributed by atoms with Gasteiger partial charge in [-0.05, 0) is 0 Å². The van der Waals surface area contributed by atoms with Crippen molar-refractivity contribution in [3.05, 3.63) is 0 Å². The third kappa shape index (κ3) is 5.95. The molecule has 3 rings (SSSR count). The predicted molar refractivity (Wildman–Crippen MR) is 126 cm³/mol. The van der Waals surface area contributed by atoms with Gasteiger partial charge in [-0.2, -0.15) is 0 Å². The minimum atomic E-state index is -2.82. The Hall–Kier alpha value is 0.269. The second-order valence-electron chi connectivity index (χ2n) is 10.6. The molecular weight excluding hydrogens is 463 g/mol. The number of unbranched alkanes of at least 4 members (excludes halogenated alkanes) is 2. The van der Waals surface area contributed by atoms with Crippen LogP contribution in [0.15, 0.2) is 0 Å². The first-order valence-corrected chi connectivity index (χ1v) is 20.0. The SMILES string of the molecule is CCCCC[CH](OC(C)=O)[Sn]([CH]1CCCCC1)([CH]1CCCCC1)[CH]1CCCCC1. The zero-order valence-corrected chi connectivity index (χ0v) is 22.4. The monoisotopic (exact) mass is 512 g/mol. The van der Waals surface area contributed by atoms with Crippen molar-refractivity contribution in [2.75, 3.05) is 0 Å². The van der Waals surface area contributed by atoms with Crippen LogP contribution in [0.4, 0.5) is 0 Å². The first kappa shape index (κ1) is 23.9. The molecule has 1 atom stereocenters. The van der Waals surface area contributed by atoms with Crippen LogP contribution in [0.5, 0.6) is 0 Å². The van der Waals surface area contributed by atoms with Gasteiger partial charge in [-0.1, -0.05) is 0 Å². The summed E-state index contributed by atoms with van der Waals surface area (Å²) in [7, 11) is 0. The molecule has 29 heavy (non-hydrogen) atoms. The zero-order chi connectivity index (χ0) is 20.5. The van der Waals surface area contributed by atoms with Gasteiger partial charge in [-0.25, -0.2) is 0 Å². The Labute approximate surface area is 185 Å². The average molecular weight is 511 g/mol. The summed E-state index contributed by atoms with van der Waals surface area (Å²) in [5.41, 5.74) is 0. The summed E-state index contributed by atoms with van der Waals surface area (Å²) in [4.78, 5) is 12.4. The van der Waals surface area contributed by atoms with Gasteiger partial charge in [-0.15, -0.1) is 0 Å². The molecule has 3 aliphatic carbocycles. The van der Waals surface area contributed by atoms with E-state index in [0.29, 0.717) is 4.12 Å². The van der Waals surface area contributed by atoms with Crippen LogP contribution in [-0.2, 0) is 9.53 Å². The molecule has 3 fully saturated rings. The van der Waals surface area contributed by atoms with Crippen LogP contribution in [0.1, 0.15) is 136 Å². The molecule has 0 saturated heterocycles. The standard InChI is InChI=1S/C8H15O2.3C6H11.Sn/c1-3-4-5-6-7-10-8(2)9;3*1-2-4-6-5-3-1;/h7H,3-6H2,1-2H3;3*1H,2-6H2;. The molecule has 0 radical (unpaired) electrons. The van der Waals surface area contributed by atoms with Crippen molar-refractivity contribution in [1.82, 2.24) is 0 Å². The minimum absolute atomic E-state index is 0.0231. The molecule has 0 heterocycles. The van der Waals surface area contributed by atoms with Crippen LogP contribution in [-0.4, -0.2) is 28.5 Å². The van der Waals surface area contributed by atoms with E-state index in [9.17, 15) is 4.79 Å². The third-order valence-electron chi connectivity index (χ3n) is 8.87. The molecule has 1 unspecified atom stereocenters. The van der Waals surface area contributed by atoms with Gasteiger partial charge in [0.1, 0.15) is 0 Å². The molecule has 0 N–H and O–H groups in total. The number of carbonyl (C=O) groups is 1. The van der Waals surface area contributed by atoms with E-state index in [2.05, 4.69) is 6.92 Å². The molecule has 3 saturated carbocycles. The van der Waals surface area contributed by atoms with E-state index in [-0.39, 0.29) is 5.97 Å². The zero-order valence-electron chi connectivity index (χ0n) is 19.6. The maximum absolute atomic E-state index is 12.4. The van der Waals surface area contributed by atoms with Gasteiger partial charge in [0.15, 0.2) is 0 Å². The fourth-order valence-electron chi connectivity index (χ4n) is 7.79. The number of carbonyl (C=O) groups excluding carboxylic acids is 1. The molecule has 0 amide bonds. The summed E-state index contributed by atoms with van der Waals surface area (Å²) in [6, 6.07) is 0. The van der Waals surface area contributed by atoms with Crippen LogP contribution < -0.4 is 0 Å². The van der Waals surface area contributed by atoms with Gasteiger partial charge in [0.2, 0.25) is 0 Å². The Balaban J connectivity index is 2.01. The normalized spacial score (nSPS) is 24.3. The second kappa shape index (κ2) is 12.3. The van der Waals surface area contributed by atoms with Crippen molar-refractivity contribution in [1.29, 1.82) is 0 Å². The van der Waals surface area contributed by atoms with E-state index in [1.165, 1.54) is 122 Å². The van der Waals surface area contributed by atoms with Gasteiger partial charge in [0, 0.05) is 0 Å². The van der Waals surface area contributed by atoms with E-state index < -0.39 is 18.4 Å². The van der Waals surface area contributed by atoms with Crippen molar-refractivity contribution in [3.63, 3.8) is 0 Å². The molecule has 168 valence electrons. The number of hydrogen-bond donors (Lipinski definition) is 0. The second-order valence-corrected chi connectivity index (χ2v) is 25.1. The molecule has 0 aromatic rings. The number of hydrogen-bond acceptors (Lipinski definition) is 2. The van der Waals surface area contributed by atoms with E-state index in [1.807, 2.05) is 0 Å². The molecule has 0 aromatic carbocycles. The summed E-state index contributed by atoms with van der Waals surface area (Å²) < 4.78 is 9.84. The van der Waals surface area contributed by atoms with E-state index in [1.54, 1.807) is 6.92 Å². The Kier molecular flexibility index (Phi) is 10.2. The molecule has 0 aliphatic heterocycles. The third-order valence-corrected chi connectivity index (χ3v) is 30.3. The number of esters is 1. The quantitative estimate of drug-likeness (QED) is 0.176. The molecule has 0 spiro atoms.